The number of carbonyl (C=O) groups excluding carboxylic acids is 2. The van der Waals surface area contributed by atoms with Crippen molar-refractivity contribution in [2.24, 2.45) is 17.8 Å². The van der Waals surface area contributed by atoms with Gasteiger partial charge in [-0.25, -0.2) is 4.98 Å². The maximum atomic E-state index is 13.0. The molecule has 1 aromatic heterocycles. The predicted molar refractivity (Wildman–Crippen MR) is 90.8 cm³/mol. The van der Waals surface area contributed by atoms with Gasteiger partial charge < -0.3 is 18.6 Å². The van der Waals surface area contributed by atoms with E-state index in [1.807, 2.05) is 24.3 Å². The van der Waals surface area contributed by atoms with Gasteiger partial charge in [-0.1, -0.05) is 18.2 Å². The van der Waals surface area contributed by atoms with Crippen LogP contribution in [0.2, 0.25) is 0 Å². The summed E-state index contributed by atoms with van der Waals surface area (Å²) in [6.45, 7) is 0. The number of hydrogen-bond donors (Lipinski definition) is 0. The molecule has 136 valence electrons. The average Bonchev–Trinajstić information content (AvgIpc) is 3.12. The Labute approximate surface area is 149 Å². The normalized spacial score (nSPS) is 26.8. The highest BCUT2D eigenvalue weighted by Crippen LogP contribution is 2.52. The van der Waals surface area contributed by atoms with Gasteiger partial charge in [-0.15, -0.1) is 0 Å². The molecule has 7 nitrogen and oxygen atoms in total. The Morgan fingerprint density at radius 3 is 2.62 bits per heavy atom. The fourth-order valence-electron chi connectivity index (χ4n) is 4.15. The van der Waals surface area contributed by atoms with E-state index >= 15 is 0 Å². The van der Waals surface area contributed by atoms with Crippen molar-refractivity contribution in [3.05, 3.63) is 36.2 Å². The molecule has 0 unspecified atom stereocenters. The van der Waals surface area contributed by atoms with Crippen molar-refractivity contribution in [1.29, 1.82) is 0 Å². The number of nitrogens with zero attached hydrogens (tertiary/aromatic N) is 1. The van der Waals surface area contributed by atoms with Crippen molar-refractivity contribution in [3.8, 4) is 0 Å². The summed E-state index contributed by atoms with van der Waals surface area (Å²) in [5, 5.41) is 0. The highest BCUT2D eigenvalue weighted by molar-refractivity contribution is 6.00. The number of hydrogen-bond acceptors (Lipinski definition) is 7. The monoisotopic (exact) mass is 357 g/mol. The Balaban J connectivity index is 1.85. The van der Waals surface area contributed by atoms with E-state index in [9.17, 15) is 9.59 Å². The van der Waals surface area contributed by atoms with Crippen molar-refractivity contribution in [3.63, 3.8) is 0 Å². The standard InChI is InChI=1S/C19H19NO6/c1-23-18(22)11-9-13-12(8-10(11)16(21)19(13,24-2)25-3)17-20-14-6-4-5-7-15(14)26-17/h4-8,10-11,13H,9H2,1-3H3/t10-,11-,13-/m0/s1. The number of ketones is 1. The van der Waals surface area contributed by atoms with Gasteiger partial charge in [0, 0.05) is 19.8 Å². The lowest BCUT2D eigenvalue weighted by atomic mass is 9.61. The first-order valence-corrected chi connectivity index (χ1v) is 8.35. The lowest BCUT2D eigenvalue weighted by Gasteiger charge is -2.48. The number of para-hydroxylation sites is 2. The highest BCUT2D eigenvalue weighted by atomic mass is 16.7. The van der Waals surface area contributed by atoms with Crippen molar-refractivity contribution in [2.45, 2.75) is 12.2 Å². The number of benzene rings is 1. The number of aromatic nitrogens is 1. The highest BCUT2D eigenvalue weighted by Gasteiger charge is 2.62. The van der Waals surface area contributed by atoms with Gasteiger partial charge >= 0.3 is 5.97 Å². The maximum absolute atomic E-state index is 13.0. The molecule has 0 N–H and O–H groups in total. The molecule has 26 heavy (non-hydrogen) atoms. The summed E-state index contributed by atoms with van der Waals surface area (Å²) in [6.07, 6.45) is 2.11. The molecule has 5 rings (SSSR count). The molecule has 3 atom stereocenters. The number of fused-ring (bicyclic) bond motifs is 3. The molecule has 1 aromatic carbocycles. The van der Waals surface area contributed by atoms with E-state index < -0.39 is 29.5 Å². The summed E-state index contributed by atoms with van der Waals surface area (Å²) in [5.41, 5.74) is 2.09. The van der Waals surface area contributed by atoms with Crippen LogP contribution >= 0.6 is 0 Å². The Morgan fingerprint density at radius 1 is 1.23 bits per heavy atom. The topological polar surface area (TPSA) is 87.9 Å². The molecular formula is C19H19NO6. The Morgan fingerprint density at radius 2 is 1.96 bits per heavy atom. The number of carbonyl (C=O) groups is 2. The third kappa shape index (κ3) is 2.17. The largest absolute Gasteiger partial charge is 0.469 e. The minimum absolute atomic E-state index is 0.283. The number of allylic oxidation sites excluding steroid dienone is 1. The number of methoxy groups -OCH3 is 3. The fraction of sp³-hybridized carbons (Fsp3) is 0.421. The summed E-state index contributed by atoms with van der Waals surface area (Å²) < 4.78 is 21.8. The first kappa shape index (κ1) is 16.9. The molecule has 1 fully saturated rings. The summed E-state index contributed by atoms with van der Waals surface area (Å²) in [7, 11) is 4.18. The van der Waals surface area contributed by atoms with Crippen LogP contribution in [0.25, 0.3) is 16.7 Å². The summed E-state index contributed by atoms with van der Waals surface area (Å²) in [4.78, 5) is 29.7. The number of oxazole rings is 1. The van der Waals surface area contributed by atoms with Gasteiger partial charge in [0.25, 0.3) is 0 Å². The van der Waals surface area contributed by atoms with E-state index in [1.54, 1.807) is 6.08 Å². The summed E-state index contributed by atoms with van der Waals surface area (Å²) in [6, 6.07) is 7.42. The van der Waals surface area contributed by atoms with Gasteiger partial charge in [-0.2, -0.15) is 0 Å². The third-order valence-corrected chi connectivity index (χ3v) is 5.41. The number of esters is 1. The van der Waals surface area contributed by atoms with Gasteiger partial charge in [-0.3, -0.25) is 9.59 Å². The van der Waals surface area contributed by atoms with Gasteiger partial charge in [0.05, 0.1) is 24.9 Å². The SMILES string of the molecule is COC(=O)[C@H]1C[C@H]2C(c3nc4ccccc4o3)=C[C@@H]1C(=O)C2(OC)OC. The summed E-state index contributed by atoms with van der Waals surface area (Å²) in [5.74, 6) is -3.54. The molecule has 2 aromatic rings. The average molecular weight is 357 g/mol. The van der Waals surface area contributed by atoms with Crippen molar-refractivity contribution < 1.29 is 28.2 Å². The quantitative estimate of drug-likeness (QED) is 0.612. The van der Waals surface area contributed by atoms with Crippen LogP contribution in [0.15, 0.2) is 34.8 Å². The van der Waals surface area contributed by atoms with Crippen LogP contribution in [0.5, 0.6) is 0 Å². The zero-order chi connectivity index (χ0) is 18.5. The second-order valence-electron chi connectivity index (χ2n) is 6.49. The van der Waals surface area contributed by atoms with Gasteiger partial charge in [0.1, 0.15) is 5.52 Å². The number of Topliss-reactive ketones (excluding diaryl/α,β-unsaturated/α-hetero) is 1. The second-order valence-corrected chi connectivity index (χ2v) is 6.49. The number of ether oxygens (including phenoxy) is 3. The van der Waals surface area contributed by atoms with Gasteiger partial charge in [0.15, 0.2) is 11.4 Å². The Hall–Kier alpha value is -2.51. The van der Waals surface area contributed by atoms with Crippen LogP contribution in [0.3, 0.4) is 0 Å². The first-order valence-electron chi connectivity index (χ1n) is 8.35. The molecule has 0 amide bonds. The van der Waals surface area contributed by atoms with Crippen molar-refractivity contribution in [1.82, 2.24) is 4.98 Å². The summed E-state index contributed by atoms with van der Waals surface area (Å²) >= 11 is 0. The lowest BCUT2D eigenvalue weighted by Crippen LogP contribution is -2.61. The molecular weight excluding hydrogens is 338 g/mol. The molecule has 0 aliphatic heterocycles. The van der Waals surface area contributed by atoms with E-state index in [0.717, 1.165) is 11.1 Å². The molecule has 0 spiro atoms. The Kier molecular flexibility index (Phi) is 3.93. The van der Waals surface area contributed by atoms with E-state index in [4.69, 9.17) is 18.6 Å². The predicted octanol–water partition coefficient (Wildman–Crippen LogP) is 2.21. The fourth-order valence-corrected chi connectivity index (χ4v) is 4.15. The van der Waals surface area contributed by atoms with Crippen LogP contribution in [-0.2, 0) is 23.8 Å². The minimum atomic E-state index is -1.46. The van der Waals surface area contributed by atoms with Crippen LogP contribution in [0.1, 0.15) is 12.3 Å². The molecule has 0 saturated heterocycles. The molecule has 1 saturated carbocycles. The van der Waals surface area contributed by atoms with Gasteiger partial charge in [-0.05, 0) is 18.6 Å². The maximum Gasteiger partial charge on any atom is 0.309 e. The van der Waals surface area contributed by atoms with Crippen LogP contribution < -0.4 is 0 Å². The zero-order valence-corrected chi connectivity index (χ0v) is 14.7. The minimum Gasteiger partial charge on any atom is -0.469 e. The van der Waals surface area contributed by atoms with E-state index in [-0.39, 0.29) is 5.78 Å². The van der Waals surface area contributed by atoms with Crippen LogP contribution in [0.4, 0.5) is 0 Å². The third-order valence-electron chi connectivity index (χ3n) is 5.41. The lowest BCUT2D eigenvalue weighted by molar-refractivity contribution is -0.238. The second kappa shape index (κ2) is 6.03. The number of rotatable bonds is 4. The van der Waals surface area contributed by atoms with Gasteiger partial charge in [0.2, 0.25) is 11.7 Å². The first-order chi connectivity index (χ1) is 12.6. The molecule has 3 aliphatic carbocycles. The van der Waals surface area contributed by atoms with Crippen molar-refractivity contribution >= 4 is 28.4 Å². The molecule has 2 bridgehead atoms. The molecule has 1 heterocycles. The van der Waals surface area contributed by atoms with Crippen molar-refractivity contribution in [2.75, 3.05) is 21.3 Å². The van der Waals surface area contributed by atoms with E-state index in [0.29, 0.717) is 17.9 Å². The molecule has 7 heteroatoms. The Bertz CT molecular complexity index is 877. The van der Waals surface area contributed by atoms with E-state index in [2.05, 4.69) is 4.98 Å². The molecule has 0 radical (unpaired) electrons. The molecule has 3 aliphatic rings. The van der Waals surface area contributed by atoms with Crippen LogP contribution in [0, 0.1) is 17.8 Å². The van der Waals surface area contributed by atoms with Crippen LogP contribution in [-0.4, -0.2) is 43.9 Å². The zero-order valence-electron chi connectivity index (χ0n) is 14.7. The smallest absolute Gasteiger partial charge is 0.309 e. The van der Waals surface area contributed by atoms with E-state index in [1.165, 1.54) is 21.3 Å².